The van der Waals surface area contributed by atoms with Gasteiger partial charge >= 0.3 is 0 Å². The van der Waals surface area contributed by atoms with Gasteiger partial charge in [-0.3, -0.25) is 4.79 Å². The first kappa shape index (κ1) is 16.7. The van der Waals surface area contributed by atoms with Crippen LogP contribution in [0.4, 0.5) is 0 Å². The minimum absolute atomic E-state index is 0.0379. The van der Waals surface area contributed by atoms with Crippen molar-refractivity contribution < 1.29 is 4.79 Å². The number of nitrogens with zero attached hydrogens (tertiary/aromatic N) is 6. The Morgan fingerprint density at radius 3 is 2.69 bits per heavy atom. The Morgan fingerprint density at radius 1 is 1.23 bits per heavy atom. The lowest BCUT2D eigenvalue weighted by molar-refractivity contribution is -0.133. The van der Waals surface area contributed by atoms with Gasteiger partial charge in [0.2, 0.25) is 5.91 Å². The first-order valence-corrected chi connectivity index (χ1v) is 9.07. The van der Waals surface area contributed by atoms with Gasteiger partial charge in [-0.1, -0.05) is 31.4 Å². The van der Waals surface area contributed by atoms with E-state index in [1.54, 1.807) is 11.0 Å². The van der Waals surface area contributed by atoms with E-state index in [0.29, 0.717) is 0 Å². The number of amides is 1. The van der Waals surface area contributed by atoms with Crippen LogP contribution in [0, 0.1) is 0 Å². The molecule has 3 aromatic rings. The second-order valence-corrected chi connectivity index (χ2v) is 7.06. The molecule has 136 valence electrons. The summed E-state index contributed by atoms with van der Waals surface area (Å²) in [5, 5.41) is 14.7. The fraction of sp³-hybridized carbons (Fsp3) is 0.500. The SMILES string of the molecule is CC(NC(=O)C1(n2cnnn2)CCCCC1)c1nc2ccccc2n1C. The molecule has 1 aliphatic carbocycles. The lowest BCUT2D eigenvalue weighted by Crippen LogP contribution is -2.51. The van der Waals surface area contributed by atoms with Crippen molar-refractivity contribution in [2.75, 3.05) is 0 Å². The summed E-state index contributed by atoms with van der Waals surface area (Å²) in [4.78, 5) is 18.0. The van der Waals surface area contributed by atoms with Gasteiger partial charge in [0, 0.05) is 7.05 Å². The van der Waals surface area contributed by atoms with Crippen molar-refractivity contribution in [3.05, 3.63) is 36.4 Å². The molecule has 0 aliphatic heterocycles. The number of hydrogen-bond donors (Lipinski definition) is 1. The van der Waals surface area contributed by atoms with E-state index in [4.69, 9.17) is 4.98 Å². The molecular formula is C18H23N7O. The topological polar surface area (TPSA) is 90.5 Å². The number of benzene rings is 1. The van der Waals surface area contributed by atoms with Crippen molar-refractivity contribution >= 4 is 16.9 Å². The Kier molecular flexibility index (Phi) is 4.18. The van der Waals surface area contributed by atoms with Crippen molar-refractivity contribution in [1.29, 1.82) is 0 Å². The number of para-hydroxylation sites is 2. The summed E-state index contributed by atoms with van der Waals surface area (Å²) < 4.78 is 3.66. The third kappa shape index (κ3) is 2.65. The molecule has 26 heavy (non-hydrogen) atoms. The fourth-order valence-corrected chi connectivity index (χ4v) is 4.00. The highest BCUT2D eigenvalue weighted by atomic mass is 16.2. The standard InChI is InChI=1S/C18H23N7O/c1-13(16-21-14-8-4-5-9-15(14)24(16)2)20-17(26)18(10-6-3-7-11-18)25-12-19-22-23-25/h4-5,8-9,12-13H,3,6-7,10-11H2,1-2H3,(H,20,26). The van der Waals surface area contributed by atoms with Gasteiger partial charge in [-0.2, -0.15) is 0 Å². The summed E-state index contributed by atoms with van der Waals surface area (Å²) >= 11 is 0. The monoisotopic (exact) mass is 353 g/mol. The Labute approximate surface area is 151 Å². The number of imidazole rings is 1. The number of carbonyl (C=O) groups excluding carboxylic acids is 1. The van der Waals surface area contributed by atoms with E-state index in [2.05, 4.69) is 20.8 Å². The molecule has 2 aromatic heterocycles. The molecule has 8 heteroatoms. The average molecular weight is 353 g/mol. The van der Waals surface area contributed by atoms with Crippen LogP contribution in [0.3, 0.4) is 0 Å². The van der Waals surface area contributed by atoms with E-state index in [-0.39, 0.29) is 11.9 Å². The predicted octanol–water partition coefficient (Wildman–Crippen LogP) is 2.10. The highest BCUT2D eigenvalue weighted by Crippen LogP contribution is 2.35. The molecule has 1 fully saturated rings. The van der Waals surface area contributed by atoms with Crippen LogP contribution in [-0.2, 0) is 17.4 Å². The van der Waals surface area contributed by atoms with Crippen LogP contribution in [0.15, 0.2) is 30.6 Å². The van der Waals surface area contributed by atoms with Gasteiger partial charge in [-0.25, -0.2) is 9.67 Å². The number of tetrazole rings is 1. The van der Waals surface area contributed by atoms with Crippen molar-refractivity contribution in [1.82, 2.24) is 35.1 Å². The predicted molar refractivity (Wildman–Crippen MR) is 96.1 cm³/mol. The van der Waals surface area contributed by atoms with E-state index in [1.807, 2.05) is 42.8 Å². The molecule has 8 nitrogen and oxygen atoms in total. The van der Waals surface area contributed by atoms with E-state index >= 15 is 0 Å². The molecule has 0 radical (unpaired) electrons. The van der Waals surface area contributed by atoms with Gasteiger partial charge in [0.15, 0.2) is 0 Å². The zero-order chi connectivity index (χ0) is 18.1. The first-order valence-electron chi connectivity index (χ1n) is 9.07. The minimum atomic E-state index is -0.708. The third-order valence-electron chi connectivity index (χ3n) is 5.45. The average Bonchev–Trinajstić information content (AvgIpc) is 3.31. The van der Waals surface area contributed by atoms with Crippen molar-refractivity contribution in [2.45, 2.75) is 50.6 Å². The molecule has 1 unspecified atom stereocenters. The zero-order valence-electron chi connectivity index (χ0n) is 15.1. The number of nitrogens with one attached hydrogen (secondary N) is 1. The van der Waals surface area contributed by atoms with Crippen LogP contribution >= 0.6 is 0 Å². The van der Waals surface area contributed by atoms with Crippen LogP contribution in [0.1, 0.15) is 50.9 Å². The molecule has 1 aromatic carbocycles. The summed E-state index contributed by atoms with van der Waals surface area (Å²) in [7, 11) is 1.98. The highest BCUT2D eigenvalue weighted by molar-refractivity contribution is 5.85. The van der Waals surface area contributed by atoms with Crippen LogP contribution in [0.25, 0.3) is 11.0 Å². The lowest BCUT2D eigenvalue weighted by Gasteiger charge is -2.35. The molecule has 1 N–H and O–H groups in total. The van der Waals surface area contributed by atoms with Gasteiger partial charge < -0.3 is 9.88 Å². The third-order valence-corrected chi connectivity index (χ3v) is 5.45. The summed E-state index contributed by atoms with van der Waals surface area (Å²) in [6, 6.07) is 7.76. The van der Waals surface area contributed by atoms with E-state index in [1.165, 1.54) is 0 Å². The second kappa shape index (κ2) is 6.51. The summed E-state index contributed by atoms with van der Waals surface area (Å²) in [5.41, 5.74) is 1.27. The molecule has 2 heterocycles. The lowest BCUT2D eigenvalue weighted by atomic mass is 9.81. The van der Waals surface area contributed by atoms with Gasteiger partial charge in [0.05, 0.1) is 17.1 Å². The van der Waals surface area contributed by atoms with Crippen LogP contribution < -0.4 is 5.32 Å². The largest absolute Gasteiger partial charge is 0.344 e. The van der Waals surface area contributed by atoms with Crippen molar-refractivity contribution in [3.8, 4) is 0 Å². The summed E-state index contributed by atoms with van der Waals surface area (Å²) in [6.45, 7) is 1.97. The quantitative estimate of drug-likeness (QED) is 0.776. The molecule has 1 atom stereocenters. The number of fused-ring (bicyclic) bond motifs is 1. The molecule has 0 saturated heterocycles. The van der Waals surface area contributed by atoms with Crippen molar-refractivity contribution in [3.63, 3.8) is 0 Å². The van der Waals surface area contributed by atoms with Crippen LogP contribution in [0.5, 0.6) is 0 Å². The van der Waals surface area contributed by atoms with Gasteiger partial charge in [-0.05, 0) is 42.3 Å². The first-order chi connectivity index (χ1) is 12.6. The Morgan fingerprint density at radius 2 is 2.00 bits per heavy atom. The van der Waals surface area contributed by atoms with E-state index in [9.17, 15) is 4.79 Å². The fourth-order valence-electron chi connectivity index (χ4n) is 4.00. The van der Waals surface area contributed by atoms with Gasteiger partial charge in [0.25, 0.3) is 0 Å². The highest BCUT2D eigenvalue weighted by Gasteiger charge is 2.43. The van der Waals surface area contributed by atoms with Crippen LogP contribution in [-0.4, -0.2) is 35.7 Å². The maximum atomic E-state index is 13.3. The Hall–Kier alpha value is -2.77. The van der Waals surface area contributed by atoms with E-state index < -0.39 is 5.54 Å². The van der Waals surface area contributed by atoms with Gasteiger partial charge in [-0.15, -0.1) is 5.10 Å². The van der Waals surface area contributed by atoms with Crippen LogP contribution in [0.2, 0.25) is 0 Å². The summed E-state index contributed by atoms with van der Waals surface area (Å²) in [5.74, 6) is 0.797. The summed E-state index contributed by atoms with van der Waals surface area (Å²) in [6.07, 6.45) is 6.17. The number of hydrogen-bond acceptors (Lipinski definition) is 5. The molecule has 1 aliphatic rings. The van der Waals surface area contributed by atoms with Crippen molar-refractivity contribution in [2.24, 2.45) is 7.05 Å². The molecule has 0 bridgehead atoms. The molecular weight excluding hydrogens is 330 g/mol. The Balaban J connectivity index is 1.62. The zero-order valence-corrected chi connectivity index (χ0v) is 15.1. The Bertz CT molecular complexity index is 909. The van der Waals surface area contributed by atoms with Gasteiger partial charge in [0.1, 0.15) is 17.7 Å². The number of aromatic nitrogens is 6. The molecule has 4 rings (SSSR count). The van der Waals surface area contributed by atoms with E-state index in [0.717, 1.165) is 49.0 Å². The molecule has 0 spiro atoms. The second-order valence-electron chi connectivity index (χ2n) is 7.06. The normalized spacial score (nSPS) is 17.9. The smallest absolute Gasteiger partial charge is 0.248 e. The number of carbonyl (C=O) groups is 1. The number of rotatable bonds is 4. The molecule has 1 saturated carbocycles. The maximum Gasteiger partial charge on any atom is 0.248 e. The maximum absolute atomic E-state index is 13.3. The minimum Gasteiger partial charge on any atom is -0.344 e. The molecule has 1 amide bonds. The number of aryl methyl sites for hydroxylation is 1.